The summed E-state index contributed by atoms with van der Waals surface area (Å²) in [7, 11) is 0. The molecule has 2 aromatic rings. The Kier molecular flexibility index (Phi) is 4.17. The number of ether oxygens (including phenoxy) is 1. The fourth-order valence-corrected chi connectivity index (χ4v) is 1.88. The fourth-order valence-electron chi connectivity index (χ4n) is 1.88. The molecule has 2 nitrogen and oxygen atoms in total. The molecule has 0 aliphatic carbocycles. The van der Waals surface area contributed by atoms with E-state index in [0.29, 0.717) is 18.9 Å². The van der Waals surface area contributed by atoms with Crippen molar-refractivity contribution in [1.82, 2.24) is 0 Å². The Bertz CT molecular complexity index is 581. The predicted octanol–water partition coefficient (Wildman–Crippen LogP) is 3.48. The molecule has 0 aliphatic rings. The van der Waals surface area contributed by atoms with Crippen molar-refractivity contribution in [2.24, 2.45) is 5.73 Å². The van der Waals surface area contributed by atoms with Gasteiger partial charge in [-0.3, -0.25) is 0 Å². The van der Waals surface area contributed by atoms with E-state index in [-0.39, 0.29) is 5.82 Å². The van der Waals surface area contributed by atoms with Crippen molar-refractivity contribution in [2.75, 3.05) is 0 Å². The van der Waals surface area contributed by atoms with Crippen molar-refractivity contribution in [3.8, 4) is 5.75 Å². The molecule has 0 saturated carbocycles. The number of benzene rings is 2. The van der Waals surface area contributed by atoms with E-state index in [9.17, 15) is 4.39 Å². The van der Waals surface area contributed by atoms with Gasteiger partial charge >= 0.3 is 0 Å². The summed E-state index contributed by atoms with van der Waals surface area (Å²) in [5.74, 6) is 0.191. The molecule has 0 aromatic heterocycles. The van der Waals surface area contributed by atoms with Gasteiger partial charge in [0, 0.05) is 12.6 Å². The van der Waals surface area contributed by atoms with Crippen LogP contribution in [0.3, 0.4) is 0 Å². The molecule has 0 saturated heterocycles. The number of nitrogens with two attached hydrogens (primary N) is 1. The first kappa shape index (κ1) is 13.6. The zero-order chi connectivity index (χ0) is 13.8. The molecule has 0 amide bonds. The third-order valence-electron chi connectivity index (χ3n) is 3.14. The molecule has 2 N–H and O–H groups in total. The summed E-state index contributed by atoms with van der Waals surface area (Å²) in [6.07, 6.45) is 0. The topological polar surface area (TPSA) is 35.2 Å². The van der Waals surface area contributed by atoms with Crippen LogP contribution in [-0.4, -0.2) is 0 Å². The van der Waals surface area contributed by atoms with Gasteiger partial charge in [0.2, 0.25) is 0 Å². The smallest absolute Gasteiger partial charge is 0.127 e. The highest BCUT2D eigenvalue weighted by atomic mass is 19.1. The molecule has 3 heteroatoms. The van der Waals surface area contributed by atoms with Crippen molar-refractivity contribution in [2.45, 2.75) is 27.0 Å². The van der Waals surface area contributed by atoms with E-state index in [1.807, 2.05) is 6.07 Å². The van der Waals surface area contributed by atoms with Crippen molar-refractivity contribution >= 4 is 0 Å². The van der Waals surface area contributed by atoms with E-state index < -0.39 is 0 Å². The third kappa shape index (κ3) is 3.55. The lowest BCUT2D eigenvalue weighted by Gasteiger charge is -2.09. The van der Waals surface area contributed by atoms with Gasteiger partial charge < -0.3 is 10.5 Å². The van der Waals surface area contributed by atoms with Gasteiger partial charge in [-0.2, -0.15) is 0 Å². The molecule has 2 aromatic carbocycles. The van der Waals surface area contributed by atoms with Crippen molar-refractivity contribution in [1.29, 1.82) is 0 Å². The molecule has 0 spiro atoms. The molecule has 100 valence electrons. The van der Waals surface area contributed by atoms with Gasteiger partial charge in [0.1, 0.15) is 18.2 Å². The zero-order valence-electron chi connectivity index (χ0n) is 11.2. The van der Waals surface area contributed by atoms with Crippen LogP contribution in [0.2, 0.25) is 0 Å². The summed E-state index contributed by atoms with van der Waals surface area (Å²) in [5, 5.41) is 0. The number of hydrogen-bond acceptors (Lipinski definition) is 2. The van der Waals surface area contributed by atoms with E-state index in [2.05, 4.69) is 26.0 Å². The maximum Gasteiger partial charge on any atom is 0.127 e. The quantitative estimate of drug-likeness (QED) is 0.912. The van der Waals surface area contributed by atoms with Crippen LogP contribution in [0.15, 0.2) is 36.4 Å². The van der Waals surface area contributed by atoms with Crippen LogP contribution in [-0.2, 0) is 13.2 Å². The van der Waals surface area contributed by atoms with E-state index in [0.717, 1.165) is 11.1 Å². The molecule has 0 aliphatic heterocycles. The minimum absolute atomic E-state index is 0.303. The molecule has 0 fully saturated rings. The minimum atomic E-state index is -0.321. The van der Waals surface area contributed by atoms with Crippen LogP contribution >= 0.6 is 0 Å². The van der Waals surface area contributed by atoms with Crippen LogP contribution in [0.4, 0.5) is 4.39 Å². The van der Waals surface area contributed by atoms with Crippen LogP contribution in [0.1, 0.15) is 22.3 Å². The van der Waals surface area contributed by atoms with Crippen molar-refractivity contribution in [3.63, 3.8) is 0 Å². The second kappa shape index (κ2) is 5.85. The van der Waals surface area contributed by atoms with Gasteiger partial charge in [-0.25, -0.2) is 4.39 Å². The Hall–Kier alpha value is -1.87. The predicted molar refractivity (Wildman–Crippen MR) is 74.5 cm³/mol. The zero-order valence-corrected chi connectivity index (χ0v) is 11.2. The van der Waals surface area contributed by atoms with Crippen LogP contribution in [0, 0.1) is 19.7 Å². The van der Waals surface area contributed by atoms with Gasteiger partial charge in [-0.1, -0.05) is 18.2 Å². The number of aryl methyl sites for hydroxylation is 2. The summed E-state index contributed by atoms with van der Waals surface area (Å²) in [4.78, 5) is 0. The lowest BCUT2D eigenvalue weighted by Crippen LogP contribution is -2.00. The molecular weight excluding hydrogens is 241 g/mol. The summed E-state index contributed by atoms with van der Waals surface area (Å²) < 4.78 is 18.9. The molecule has 0 heterocycles. The first-order chi connectivity index (χ1) is 9.08. The first-order valence-electron chi connectivity index (χ1n) is 6.27. The maximum absolute atomic E-state index is 13.3. The van der Waals surface area contributed by atoms with Crippen molar-refractivity contribution < 1.29 is 9.13 Å². The van der Waals surface area contributed by atoms with Gasteiger partial charge in [-0.15, -0.1) is 0 Å². The highest BCUT2D eigenvalue weighted by Crippen LogP contribution is 2.18. The molecule has 0 radical (unpaired) electrons. The average Bonchev–Trinajstić information content (AvgIpc) is 2.39. The highest BCUT2D eigenvalue weighted by molar-refractivity contribution is 5.32. The monoisotopic (exact) mass is 259 g/mol. The SMILES string of the molecule is Cc1ccc(COc2cc(F)cc(CN)c2)cc1C. The summed E-state index contributed by atoms with van der Waals surface area (Å²) >= 11 is 0. The Labute approximate surface area is 113 Å². The van der Waals surface area contributed by atoms with Crippen molar-refractivity contribution in [3.05, 3.63) is 64.5 Å². The first-order valence-corrected chi connectivity index (χ1v) is 6.27. The molecule has 2 rings (SSSR count). The normalized spacial score (nSPS) is 10.5. The summed E-state index contributed by atoms with van der Waals surface area (Å²) in [5.41, 5.74) is 9.79. The number of halogens is 1. The Morgan fingerprint density at radius 2 is 1.79 bits per heavy atom. The second-order valence-electron chi connectivity index (χ2n) is 4.71. The Morgan fingerprint density at radius 1 is 1.00 bits per heavy atom. The maximum atomic E-state index is 13.3. The van der Waals surface area contributed by atoms with Gasteiger partial charge in [0.15, 0.2) is 0 Å². The fraction of sp³-hybridized carbons (Fsp3) is 0.250. The van der Waals surface area contributed by atoms with E-state index in [1.165, 1.54) is 23.3 Å². The van der Waals surface area contributed by atoms with Crippen LogP contribution in [0.5, 0.6) is 5.75 Å². The third-order valence-corrected chi connectivity index (χ3v) is 3.14. The number of hydrogen-bond donors (Lipinski definition) is 1. The number of rotatable bonds is 4. The van der Waals surface area contributed by atoms with Crippen LogP contribution < -0.4 is 10.5 Å². The second-order valence-corrected chi connectivity index (χ2v) is 4.71. The molecule has 19 heavy (non-hydrogen) atoms. The Morgan fingerprint density at radius 3 is 2.47 bits per heavy atom. The molecule has 0 bridgehead atoms. The van der Waals surface area contributed by atoms with Gasteiger partial charge in [-0.05, 0) is 48.2 Å². The highest BCUT2D eigenvalue weighted by Gasteiger charge is 2.02. The largest absolute Gasteiger partial charge is 0.489 e. The Balaban J connectivity index is 2.09. The van der Waals surface area contributed by atoms with E-state index >= 15 is 0 Å². The van der Waals surface area contributed by atoms with Crippen LogP contribution in [0.25, 0.3) is 0 Å². The molecular formula is C16H18FNO. The standard InChI is InChI=1S/C16H18FNO/c1-11-3-4-13(5-12(11)2)10-19-16-7-14(9-18)6-15(17)8-16/h3-8H,9-10,18H2,1-2H3. The lowest BCUT2D eigenvalue weighted by atomic mass is 10.1. The molecule has 0 unspecified atom stereocenters. The lowest BCUT2D eigenvalue weighted by molar-refractivity contribution is 0.304. The minimum Gasteiger partial charge on any atom is -0.489 e. The average molecular weight is 259 g/mol. The van der Waals surface area contributed by atoms with Gasteiger partial charge in [0.05, 0.1) is 0 Å². The van der Waals surface area contributed by atoms with E-state index in [4.69, 9.17) is 10.5 Å². The summed E-state index contributed by atoms with van der Waals surface area (Å²) in [6.45, 7) is 4.86. The van der Waals surface area contributed by atoms with E-state index in [1.54, 1.807) is 6.07 Å². The van der Waals surface area contributed by atoms with Gasteiger partial charge in [0.25, 0.3) is 0 Å². The molecule has 0 atom stereocenters. The summed E-state index contributed by atoms with van der Waals surface area (Å²) in [6, 6.07) is 10.7.